The van der Waals surface area contributed by atoms with Gasteiger partial charge in [-0.05, 0) is 60.1 Å². The maximum Gasteiger partial charge on any atom is 0.335 e. The van der Waals surface area contributed by atoms with Crippen molar-refractivity contribution >= 4 is 11.9 Å². The number of carbonyl (C=O) groups is 2. The molecule has 2 heterocycles. The molecule has 0 amide bonds. The second-order valence-corrected chi connectivity index (χ2v) is 12.3. The summed E-state index contributed by atoms with van der Waals surface area (Å²) in [6, 6.07) is 9.86. The molecule has 2 unspecified atom stereocenters. The molecule has 2 aliphatic heterocycles. The van der Waals surface area contributed by atoms with E-state index in [9.17, 15) is 50.4 Å². The number of hydrogen-bond acceptors (Lipinski definition) is 13. The molecule has 0 spiro atoms. The van der Waals surface area contributed by atoms with E-state index in [0.717, 1.165) is 5.56 Å². The largest absolute Gasteiger partial charge is 0.504 e. The number of phenolic OH excluding ortho intramolecular Hbond substituents is 1. The highest BCUT2D eigenvalue weighted by Crippen LogP contribution is 2.39. The number of phenols is 1. The van der Waals surface area contributed by atoms with E-state index >= 15 is 0 Å². The summed E-state index contributed by atoms with van der Waals surface area (Å²) in [6.45, 7) is 5.27. The molecule has 11 atom stereocenters. The number of aliphatic hydroxyl groups excluding tert-OH is 5. The first-order chi connectivity index (χ1) is 22.0. The topological polar surface area (TPSA) is 242 Å². The van der Waals surface area contributed by atoms with Crippen LogP contribution in [0.5, 0.6) is 23.0 Å². The second kappa shape index (κ2) is 14.6. The van der Waals surface area contributed by atoms with Gasteiger partial charge in [-0.2, -0.15) is 0 Å². The van der Waals surface area contributed by atoms with Gasteiger partial charge in [-0.25, -0.2) is 9.59 Å². The van der Waals surface area contributed by atoms with E-state index < -0.39 is 66.7 Å². The highest BCUT2D eigenvalue weighted by Gasteiger charge is 2.55. The van der Waals surface area contributed by atoms with E-state index in [4.69, 9.17) is 23.7 Å². The first kappa shape index (κ1) is 36.1. The van der Waals surface area contributed by atoms with Crippen LogP contribution in [-0.4, -0.2) is 115 Å². The van der Waals surface area contributed by atoms with Gasteiger partial charge < -0.3 is 64.5 Å². The molecule has 2 fully saturated rings. The van der Waals surface area contributed by atoms with E-state index in [1.165, 1.54) is 20.1 Å². The number of hydrogen-bond donors (Lipinski definition) is 8. The number of aliphatic hydroxyl groups is 5. The standard InChI is InChI=1S/C32H42O15/c1-14(9-16-5-7-18(33)21(11-16)43-4)15(2)10-17-6-8-20(44-23-13-19(34)24(35)27(45-23)30(39)40)22(12-17)46-32(3)29(38)26(37)25(36)28(47-32)31(41)42/h5-8,11-12,14-15,19,23-29,33-38H,9-10,13H2,1-4H3,(H,39,40)(H,41,42)/t14?,15?,19-,23-,24+,25+,26+,27+,28+,29-,32-/m1/s1. The summed E-state index contributed by atoms with van der Waals surface area (Å²) in [5.74, 6) is -4.94. The van der Waals surface area contributed by atoms with Gasteiger partial charge in [0, 0.05) is 13.3 Å². The monoisotopic (exact) mass is 666 g/mol. The number of ether oxygens (including phenoxy) is 5. The minimum atomic E-state index is -2.22. The molecule has 15 nitrogen and oxygen atoms in total. The van der Waals surface area contributed by atoms with Crippen LogP contribution in [0.2, 0.25) is 0 Å². The van der Waals surface area contributed by atoms with Crippen molar-refractivity contribution in [3.8, 4) is 23.0 Å². The number of aromatic hydroxyl groups is 1. The quantitative estimate of drug-likeness (QED) is 0.153. The van der Waals surface area contributed by atoms with Gasteiger partial charge in [0.25, 0.3) is 0 Å². The van der Waals surface area contributed by atoms with Crippen LogP contribution >= 0.6 is 0 Å². The molecule has 0 radical (unpaired) electrons. The lowest BCUT2D eigenvalue weighted by molar-refractivity contribution is -0.322. The highest BCUT2D eigenvalue weighted by molar-refractivity contribution is 5.74. The van der Waals surface area contributed by atoms with Crippen LogP contribution in [0.25, 0.3) is 0 Å². The molecule has 2 saturated heterocycles. The van der Waals surface area contributed by atoms with Crippen molar-refractivity contribution in [2.75, 3.05) is 7.11 Å². The van der Waals surface area contributed by atoms with Crippen LogP contribution in [0, 0.1) is 11.8 Å². The lowest BCUT2D eigenvalue weighted by Crippen LogP contribution is -2.67. The molecule has 2 aromatic carbocycles. The van der Waals surface area contributed by atoms with Gasteiger partial charge in [0.1, 0.15) is 24.4 Å². The van der Waals surface area contributed by atoms with E-state index in [2.05, 4.69) is 6.92 Å². The molecular formula is C32H42O15. The lowest BCUT2D eigenvalue weighted by Gasteiger charge is -2.45. The van der Waals surface area contributed by atoms with Gasteiger partial charge >= 0.3 is 11.9 Å². The Hall–Kier alpha value is -3.70. The van der Waals surface area contributed by atoms with Gasteiger partial charge in [0.15, 0.2) is 35.2 Å². The van der Waals surface area contributed by atoms with E-state index in [0.29, 0.717) is 24.2 Å². The minimum Gasteiger partial charge on any atom is -0.504 e. The van der Waals surface area contributed by atoms with Crippen molar-refractivity contribution in [1.82, 2.24) is 0 Å². The fourth-order valence-electron chi connectivity index (χ4n) is 5.68. The van der Waals surface area contributed by atoms with Gasteiger partial charge in [-0.1, -0.05) is 26.0 Å². The highest BCUT2D eigenvalue weighted by atomic mass is 16.7. The summed E-state index contributed by atoms with van der Waals surface area (Å²) in [5.41, 5.74) is 1.67. The van der Waals surface area contributed by atoms with E-state index in [-0.39, 0.29) is 35.5 Å². The number of methoxy groups -OCH3 is 1. The zero-order valence-corrected chi connectivity index (χ0v) is 26.3. The van der Waals surface area contributed by atoms with Crippen LogP contribution in [0.15, 0.2) is 36.4 Å². The van der Waals surface area contributed by atoms with Gasteiger partial charge in [-0.15, -0.1) is 0 Å². The van der Waals surface area contributed by atoms with Crippen molar-refractivity contribution in [3.05, 3.63) is 47.5 Å². The molecule has 0 aliphatic carbocycles. The van der Waals surface area contributed by atoms with E-state index in [1.54, 1.807) is 24.3 Å². The summed E-state index contributed by atoms with van der Waals surface area (Å²) in [4.78, 5) is 23.4. The molecule has 8 N–H and O–H groups in total. The average molecular weight is 667 g/mol. The predicted molar refractivity (Wildman–Crippen MR) is 160 cm³/mol. The van der Waals surface area contributed by atoms with Crippen LogP contribution < -0.4 is 14.2 Å². The zero-order chi connectivity index (χ0) is 34.8. The summed E-state index contributed by atoms with van der Waals surface area (Å²) in [7, 11) is 1.47. The summed E-state index contributed by atoms with van der Waals surface area (Å²) in [6.07, 6.45) is -13.3. The Morgan fingerprint density at radius 2 is 1.43 bits per heavy atom. The molecule has 4 rings (SSSR count). The maximum absolute atomic E-state index is 11.8. The Morgan fingerprint density at radius 1 is 0.851 bits per heavy atom. The van der Waals surface area contributed by atoms with Crippen LogP contribution in [0.3, 0.4) is 0 Å². The average Bonchev–Trinajstić information content (AvgIpc) is 3.01. The number of carboxylic acids is 2. The van der Waals surface area contributed by atoms with Gasteiger partial charge in [0.05, 0.1) is 13.2 Å². The first-order valence-corrected chi connectivity index (χ1v) is 15.1. The molecule has 47 heavy (non-hydrogen) atoms. The van der Waals surface area contributed by atoms with Gasteiger partial charge in [0.2, 0.25) is 12.1 Å². The Morgan fingerprint density at radius 3 is 2.00 bits per heavy atom. The van der Waals surface area contributed by atoms with Crippen molar-refractivity contribution in [1.29, 1.82) is 0 Å². The SMILES string of the molecule is COc1cc(CC(C)C(C)Cc2ccc(O[C@H]3C[C@@H](O)[C@H](O)[C@@H](C(=O)O)O3)c(O[C@]3(C)O[C@H](C(=O)O)[C@@H](O)[C@H](O)[C@H]3O)c2)ccc1O. The first-order valence-electron chi connectivity index (χ1n) is 15.1. The molecular weight excluding hydrogens is 624 g/mol. The Labute approximate surface area is 270 Å². The fourth-order valence-corrected chi connectivity index (χ4v) is 5.68. The summed E-state index contributed by atoms with van der Waals surface area (Å²) >= 11 is 0. The van der Waals surface area contributed by atoms with Crippen LogP contribution in [0.1, 0.15) is 38.3 Å². The number of carboxylic acid groups (broad SMARTS) is 2. The molecule has 0 bridgehead atoms. The molecule has 15 heteroatoms. The molecule has 260 valence electrons. The fraction of sp³-hybridized carbons (Fsp3) is 0.562. The second-order valence-electron chi connectivity index (χ2n) is 12.3. The predicted octanol–water partition coefficient (Wildman–Crippen LogP) is 0.420. The minimum absolute atomic E-state index is 0.0343. The third-order valence-corrected chi connectivity index (χ3v) is 8.72. The van der Waals surface area contributed by atoms with E-state index in [1.807, 2.05) is 13.0 Å². The Kier molecular flexibility index (Phi) is 11.2. The lowest BCUT2D eigenvalue weighted by atomic mass is 9.85. The normalized spacial score (nSPS) is 32.2. The molecule has 0 saturated carbocycles. The third-order valence-electron chi connectivity index (χ3n) is 8.72. The van der Waals surface area contributed by atoms with Crippen molar-refractivity contribution in [3.63, 3.8) is 0 Å². The smallest absolute Gasteiger partial charge is 0.335 e. The maximum atomic E-state index is 11.8. The number of rotatable bonds is 12. The van der Waals surface area contributed by atoms with Crippen LogP contribution in [0.4, 0.5) is 0 Å². The number of aliphatic carboxylic acids is 2. The number of benzene rings is 2. The van der Waals surface area contributed by atoms with Crippen molar-refractivity contribution in [2.24, 2.45) is 11.8 Å². The Bertz CT molecular complexity index is 1420. The van der Waals surface area contributed by atoms with Crippen molar-refractivity contribution in [2.45, 2.75) is 94.8 Å². The molecule has 2 aliphatic rings. The van der Waals surface area contributed by atoms with Crippen molar-refractivity contribution < 1.29 is 74.1 Å². The molecule has 0 aromatic heterocycles. The zero-order valence-electron chi connectivity index (χ0n) is 26.3. The third kappa shape index (κ3) is 8.06. The van der Waals surface area contributed by atoms with Gasteiger partial charge in [-0.3, -0.25) is 0 Å². The Balaban J connectivity index is 1.62. The summed E-state index contributed by atoms with van der Waals surface area (Å²) in [5, 5.41) is 80.6. The van der Waals surface area contributed by atoms with Crippen LogP contribution in [-0.2, 0) is 31.9 Å². The molecule has 2 aromatic rings. The summed E-state index contributed by atoms with van der Waals surface area (Å²) < 4.78 is 27.9.